The van der Waals surface area contributed by atoms with E-state index in [9.17, 15) is 9.18 Å². The van der Waals surface area contributed by atoms with Crippen LogP contribution in [0.15, 0.2) is 16.6 Å². The van der Waals surface area contributed by atoms with Crippen molar-refractivity contribution in [2.75, 3.05) is 12.3 Å². The summed E-state index contributed by atoms with van der Waals surface area (Å²) in [5, 5.41) is 2.86. The van der Waals surface area contributed by atoms with Crippen LogP contribution in [-0.4, -0.2) is 12.5 Å². The summed E-state index contributed by atoms with van der Waals surface area (Å²) >= 11 is 3.17. The predicted molar refractivity (Wildman–Crippen MR) is 79.5 cm³/mol. The maximum Gasteiger partial charge on any atom is 0.252 e. The van der Waals surface area contributed by atoms with Crippen molar-refractivity contribution in [1.29, 1.82) is 0 Å². The molecule has 0 saturated heterocycles. The average Bonchev–Trinajstić information content (AvgIpc) is 2.30. The Balaban J connectivity index is 2.83. The predicted octanol–water partition coefficient (Wildman–Crippen LogP) is 3.58. The number of anilines is 1. The SMILES string of the molecule is CC(C)C(C)(C)CNC(=O)c1cc(N)c(F)cc1Br. The van der Waals surface area contributed by atoms with Crippen molar-refractivity contribution in [1.82, 2.24) is 5.32 Å². The number of nitrogens with two attached hydrogens (primary N) is 1. The highest BCUT2D eigenvalue weighted by atomic mass is 79.9. The first-order valence-corrected chi connectivity index (χ1v) is 6.97. The minimum atomic E-state index is -0.536. The van der Waals surface area contributed by atoms with Gasteiger partial charge < -0.3 is 11.1 Å². The van der Waals surface area contributed by atoms with Gasteiger partial charge in [0.05, 0.1) is 11.3 Å². The fourth-order valence-electron chi connectivity index (χ4n) is 1.35. The molecule has 0 bridgehead atoms. The van der Waals surface area contributed by atoms with Crippen LogP contribution in [0.4, 0.5) is 10.1 Å². The van der Waals surface area contributed by atoms with Crippen molar-refractivity contribution in [3.63, 3.8) is 0 Å². The molecule has 1 amide bonds. The molecule has 5 heteroatoms. The number of hydrogen-bond donors (Lipinski definition) is 2. The van der Waals surface area contributed by atoms with Gasteiger partial charge in [0.2, 0.25) is 0 Å². The molecule has 0 heterocycles. The zero-order chi connectivity index (χ0) is 14.8. The maximum absolute atomic E-state index is 13.2. The lowest BCUT2D eigenvalue weighted by Crippen LogP contribution is -2.37. The second-order valence-corrected chi connectivity index (χ2v) is 6.53. The monoisotopic (exact) mass is 330 g/mol. The van der Waals surface area contributed by atoms with Gasteiger partial charge in [0.25, 0.3) is 5.91 Å². The van der Waals surface area contributed by atoms with E-state index in [4.69, 9.17) is 5.73 Å². The third kappa shape index (κ3) is 3.93. The summed E-state index contributed by atoms with van der Waals surface area (Å²) < 4.78 is 13.6. The largest absolute Gasteiger partial charge is 0.396 e. The summed E-state index contributed by atoms with van der Waals surface area (Å²) in [5.41, 5.74) is 5.79. The van der Waals surface area contributed by atoms with Crippen LogP contribution in [-0.2, 0) is 0 Å². The van der Waals surface area contributed by atoms with Crippen molar-refractivity contribution >= 4 is 27.5 Å². The van der Waals surface area contributed by atoms with Crippen LogP contribution in [0.25, 0.3) is 0 Å². The summed E-state index contributed by atoms with van der Waals surface area (Å²) in [6.07, 6.45) is 0. The maximum atomic E-state index is 13.2. The van der Waals surface area contributed by atoms with Crippen LogP contribution < -0.4 is 11.1 Å². The van der Waals surface area contributed by atoms with E-state index in [1.165, 1.54) is 12.1 Å². The Morgan fingerprint density at radius 2 is 2.05 bits per heavy atom. The lowest BCUT2D eigenvalue weighted by Gasteiger charge is -2.29. The van der Waals surface area contributed by atoms with Gasteiger partial charge in [0.15, 0.2) is 0 Å². The van der Waals surface area contributed by atoms with Gasteiger partial charge in [0, 0.05) is 11.0 Å². The molecule has 0 atom stereocenters. The lowest BCUT2D eigenvalue weighted by atomic mass is 9.81. The van der Waals surface area contributed by atoms with Crippen molar-refractivity contribution < 1.29 is 9.18 Å². The summed E-state index contributed by atoms with van der Waals surface area (Å²) in [6.45, 7) is 8.95. The van der Waals surface area contributed by atoms with E-state index in [-0.39, 0.29) is 17.0 Å². The number of carbonyl (C=O) groups excluding carboxylic acids is 1. The zero-order valence-electron chi connectivity index (χ0n) is 11.7. The molecule has 0 aliphatic carbocycles. The Morgan fingerprint density at radius 1 is 1.47 bits per heavy atom. The molecule has 1 aromatic rings. The standard InChI is InChI=1S/C14H20BrFN2O/c1-8(2)14(3,4)7-18-13(19)9-5-12(17)11(16)6-10(9)15/h5-6,8H,7,17H2,1-4H3,(H,18,19). The minimum Gasteiger partial charge on any atom is -0.396 e. The van der Waals surface area contributed by atoms with E-state index in [2.05, 4.69) is 48.9 Å². The number of carbonyl (C=O) groups is 1. The fraction of sp³-hybridized carbons (Fsp3) is 0.500. The van der Waals surface area contributed by atoms with Crippen molar-refractivity contribution in [3.8, 4) is 0 Å². The number of nitrogens with one attached hydrogen (secondary N) is 1. The van der Waals surface area contributed by atoms with Crippen LogP contribution >= 0.6 is 15.9 Å². The smallest absolute Gasteiger partial charge is 0.252 e. The van der Waals surface area contributed by atoms with Crippen molar-refractivity contribution in [2.24, 2.45) is 11.3 Å². The van der Waals surface area contributed by atoms with Gasteiger partial charge in [0.1, 0.15) is 5.82 Å². The lowest BCUT2D eigenvalue weighted by molar-refractivity contribution is 0.0924. The topological polar surface area (TPSA) is 55.1 Å². The number of amides is 1. The summed E-state index contributed by atoms with van der Waals surface area (Å²) in [7, 11) is 0. The van der Waals surface area contributed by atoms with Gasteiger partial charge in [-0.15, -0.1) is 0 Å². The van der Waals surface area contributed by atoms with Gasteiger partial charge in [-0.25, -0.2) is 4.39 Å². The molecule has 3 N–H and O–H groups in total. The van der Waals surface area contributed by atoms with Crippen LogP contribution in [0.2, 0.25) is 0 Å². The van der Waals surface area contributed by atoms with Gasteiger partial charge >= 0.3 is 0 Å². The molecule has 0 aromatic heterocycles. The van der Waals surface area contributed by atoms with Gasteiger partial charge in [-0.05, 0) is 39.4 Å². The highest BCUT2D eigenvalue weighted by Gasteiger charge is 2.23. The molecule has 106 valence electrons. The van der Waals surface area contributed by atoms with E-state index in [1.807, 2.05) is 0 Å². The molecular weight excluding hydrogens is 311 g/mol. The van der Waals surface area contributed by atoms with Crippen LogP contribution in [0.1, 0.15) is 38.1 Å². The Kier molecular flexibility index (Phi) is 4.96. The Hall–Kier alpha value is -1.10. The summed E-state index contributed by atoms with van der Waals surface area (Å²) in [6, 6.07) is 2.55. The Morgan fingerprint density at radius 3 is 2.58 bits per heavy atom. The third-order valence-electron chi connectivity index (χ3n) is 3.60. The van der Waals surface area contributed by atoms with E-state index >= 15 is 0 Å². The second-order valence-electron chi connectivity index (χ2n) is 5.68. The van der Waals surface area contributed by atoms with E-state index < -0.39 is 5.82 Å². The van der Waals surface area contributed by atoms with E-state index in [0.29, 0.717) is 22.5 Å². The van der Waals surface area contributed by atoms with Crippen LogP contribution in [0.3, 0.4) is 0 Å². The van der Waals surface area contributed by atoms with Crippen LogP contribution in [0.5, 0.6) is 0 Å². The Labute approximate surface area is 121 Å². The average molecular weight is 331 g/mol. The van der Waals surface area contributed by atoms with E-state index in [1.54, 1.807) is 0 Å². The number of hydrogen-bond acceptors (Lipinski definition) is 2. The quantitative estimate of drug-likeness (QED) is 0.829. The van der Waals surface area contributed by atoms with E-state index in [0.717, 1.165) is 0 Å². The molecule has 0 aliphatic rings. The molecule has 19 heavy (non-hydrogen) atoms. The number of rotatable bonds is 4. The van der Waals surface area contributed by atoms with Gasteiger partial charge in [-0.2, -0.15) is 0 Å². The summed E-state index contributed by atoms with van der Waals surface area (Å²) in [5.74, 6) is -0.354. The highest BCUT2D eigenvalue weighted by Crippen LogP contribution is 2.26. The number of nitrogen functional groups attached to an aromatic ring is 1. The molecular formula is C14H20BrFN2O. The highest BCUT2D eigenvalue weighted by molar-refractivity contribution is 9.10. The van der Waals surface area contributed by atoms with Gasteiger partial charge in [-0.3, -0.25) is 4.79 Å². The van der Waals surface area contributed by atoms with Gasteiger partial charge in [-0.1, -0.05) is 27.7 Å². The first-order chi connectivity index (χ1) is 8.65. The van der Waals surface area contributed by atoms with Crippen molar-refractivity contribution in [2.45, 2.75) is 27.7 Å². The number of halogens is 2. The molecule has 0 aliphatic heterocycles. The number of benzene rings is 1. The molecule has 0 fully saturated rings. The normalized spacial score (nSPS) is 11.7. The third-order valence-corrected chi connectivity index (χ3v) is 4.25. The molecule has 0 unspecified atom stereocenters. The molecule has 1 rings (SSSR count). The molecule has 0 saturated carbocycles. The first-order valence-electron chi connectivity index (χ1n) is 6.18. The fourth-order valence-corrected chi connectivity index (χ4v) is 1.84. The molecule has 1 aromatic carbocycles. The Bertz CT molecular complexity index is 487. The van der Waals surface area contributed by atoms with Crippen molar-refractivity contribution in [3.05, 3.63) is 28.0 Å². The first kappa shape index (κ1) is 16.0. The summed E-state index contributed by atoms with van der Waals surface area (Å²) in [4.78, 5) is 12.1. The molecule has 0 spiro atoms. The van der Waals surface area contributed by atoms with Crippen LogP contribution in [0, 0.1) is 17.2 Å². The molecule has 3 nitrogen and oxygen atoms in total. The molecule has 0 radical (unpaired) electrons. The zero-order valence-corrected chi connectivity index (χ0v) is 13.3. The minimum absolute atomic E-state index is 0.00624. The second kappa shape index (κ2) is 5.90.